The maximum absolute atomic E-state index is 12.8. The summed E-state index contributed by atoms with van der Waals surface area (Å²) in [7, 11) is 0. The van der Waals surface area contributed by atoms with Crippen LogP contribution in [0.25, 0.3) is 5.69 Å². The van der Waals surface area contributed by atoms with Crippen molar-refractivity contribution in [3.8, 4) is 5.69 Å². The fourth-order valence-electron chi connectivity index (χ4n) is 1.55. The van der Waals surface area contributed by atoms with Gasteiger partial charge in [-0.1, -0.05) is 23.7 Å². The third kappa shape index (κ3) is 2.48. The van der Waals surface area contributed by atoms with E-state index in [0.29, 0.717) is 10.2 Å². The normalized spacial score (nSPS) is 11.0. The fourth-order valence-corrected chi connectivity index (χ4v) is 2.31. The molecule has 19 heavy (non-hydrogen) atoms. The molecule has 8 heteroatoms. The predicted octanol–water partition coefficient (Wildman–Crippen LogP) is 3.92. The second-order valence-electron chi connectivity index (χ2n) is 3.52. The van der Waals surface area contributed by atoms with Crippen LogP contribution < -0.4 is 0 Å². The number of nitrogens with zero attached hydrogens (tertiary/aromatic N) is 2. The summed E-state index contributed by atoms with van der Waals surface area (Å²) in [6, 6.07) is 6.61. The zero-order valence-corrected chi connectivity index (χ0v) is 11.5. The number of aromatic nitrogens is 2. The van der Waals surface area contributed by atoms with E-state index in [0.717, 1.165) is 4.68 Å². The average Bonchev–Trinajstić information content (AvgIpc) is 2.68. The number of hydrogen-bond acceptors (Lipinski definition) is 2. The third-order valence-corrected chi connectivity index (χ3v) is 3.38. The van der Waals surface area contributed by atoms with Crippen LogP contribution in [0.3, 0.4) is 0 Å². The molecular formula is C11H6BrClF2N2O2. The Morgan fingerprint density at radius 3 is 2.53 bits per heavy atom. The molecule has 1 aromatic carbocycles. The SMILES string of the molecule is O=C(O)c1c(C(F)F)nn(-c2ccccc2Br)c1Cl. The van der Waals surface area contributed by atoms with Gasteiger partial charge in [0.1, 0.15) is 16.4 Å². The Morgan fingerprint density at radius 1 is 1.42 bits per heavy atom. The maximum Gasteiger partial charge on any atom is 0.341 e. The van der Waals surface area contributed by atoms with Gasteiger partial charge in [0.2, 0.25) is 0 Å². The van der Waals surface area contributed by atoms with Gasteiger partial charge in [-0.25, -0.2) is 18.3 Å². The van der Waals surface area contributed by atoms with Crippen molar-refractivity contribution in [3.05, 3.63) is 45.1 Å². The smallest absolute Gasteiger partial charge is 0.341 e. The number of carbonyl (C=O) groups is 1. The Bertz CT molecular complexity index is 646. The van der Waals surface area contributed by atoms with Crippen LogP contribution in [0.4, 0.5) is 8.78 Å². The van der Waals surface area contributed by atoms with Crippen molar-refractivity contribution < 1.29 is 18.7 Å². The maximum atomic E-state index is 12.8. The van der Waals surface area contributed by atoms with E-state index in [1.807, 2.05) is 0 Å². The van der Waals surface area contributed by atoms with E-state index < -0.39 is 23.7 Å². The van der Waals surface area contributed by atoms with Crippen molar-refractivity contribution in [1.29, 1.82) is 0 Å². The molecule has 0 aliphatic rings. The Morgan fingerprint density at radius 2 is 2.05 bits per heavy atom. The van der Waals surface area contributed by atoms with Crippen LogP contribution in [-0.2, 0) is 0 Å². The van der Waals surface area contributed by atoms with Gasteiger partial charge in [-0.15, -0.1) is 0 Å². The van der Waals surface area contributed by atoms with E-state index in [9.17, 15) is 13.6 Å². The van der Waals surface area contributed by atoms with Crippen LogP contribution in [0.15, 0.2) is 28.7 Å². The lowest BCUT2D eigenvalue weighted by molar-refractivity contribution is 0.0684. The second kappa shape index (κ2) is 5.26. The minimum atomic E-state index is -3.02. The van der Waals surface area contributed by atoms with Crippen LogP contribution in [-0.4, -0.2) is 20.9 Å². The van der Waals surface area contributed by atoms with E-state index in [2.05, 4.69) is 21.0 Å². The molecular weight excluding hydrogens is 345 g/mol. The first kappa shape index (κ1) is 14.0. The molecule has 1 N–H and O–H groups in total. The Labute approximate surface area is 119 Å². The van der Waals surface area contributed by atoms with Crippen molar-refractivity contribution in [1.82, 2.24) is 9.78 Å². The molecule has 4 nitrogen and oxygen atoms in total. The van der Waals surface area contributed by atoms with E-state index in [4.69, 9.17) is 16.7 Å². The Hall–Kier alpha value is -1.47. The molecule has 0 radical (unpaired) electrons. The monoisotopic (exact) mass is 350 g/mol. The molecule has 100 valence electrons. The first-order valence-corrected chi connectivity index (χ1v) is 6.15. The van der Waals surface area contributed by atoms with Crippen LogP contribution >= 0.6 is 27.5 Å². The number of carboxylic acids is 1. The van der Waals surface area contributed by atoms with Crippen molar-refractivity contribution in [3.63, 3.8) is 0 Å². The highest BCUT2D eigenvalue weighted by Crippen LogP contribution is 2.32. The molecule has 1 aromatic heterocycles. The summed E-state index contributed by atoms with van der Waals surface area (Å²) in [6.07, 6.45) is -3.02. The molecule has 2 aromatic rings. The summed E-state index contributed by atoms with van der Waals surface area (Å²) in [5.74, 6) is -1.54. The molecule has 0 saturated carbocycles. The van der Waals surface area contributed by atoms with E-state index in [1.165, 1.54) is 0 Å². The Kier molecular flexibility index (Phi) is 3.86. The molecule has 2 rings (SSSR count). The van der Waals surface area contributed by atoms with Gasteiger partial charge in [0.15, 0.2) is 0 Å². The number of rotatable bonds is 3. The molecule has 0 amide bonds. The van der Waals surface area contributed by atoms with Crippen molar-refractivity contribution in [2.45, 2.75) is 6.43 Å². The van der Waals surface area contributed by atoms with Crippen molar-refractivity contribution in [2.75, 3.05) is 0 Å². The number of hydrogen-bond donors (Lipinski definition) is 1. The summed E-state index contributed by atoms with van der Waals surface area (Å²) < 4.78 is 27.1. The lowest BCUT2D eigenvalue weighted by atomic mass is 10.2. The standard InChI is InChI=1S/C11H6BrClF2N2O2/c12-5-3-1-2-4-6(5)17-9(13)7(11(18)19)8(16-17)10(14)15/h1-4,10H,(H,18,19). The van der Waals surface area contributed by atoms with E-state index >= 15 is 0 Å². The van der Waals surface area contributed by atoms with Gasteiger partial charge in [0.25, 0.3) is 6.43 Å². The molecule has 0 atom stereocenters. The number of carboxylic acid groups (broad SMARTS) is 1. The number of alkyl halides is 2. The first-order valence-electron chi connectivity index (χ1n) is 4.98. The van der Waals surface area contributed by atoms with Gasteiger partial charge in [0.05, 0.1) is 5.69 Å². The molecule has 0 bridgehead atoms. The molecule has 0 spiro atoms. The molecule has 0 aliphatic heterocycles. The van der Waals surface area contributed by atoms with Gasteiger partial charge in [-0.3, -0.25) is 0 Å². The summed E-state index contributed by atoms with van der Waals surface area (Å²) in [5, 5.41) is 12.2. The van der Waals surface area contributed by atoms with Crippen molar-refractivity contribution in [2.24, 2.45) is 0 Å². The van der Waals surface area contributed by atoms with Gasteiger partial charge in [-0.2, -0.15) is 5.10 Å². The van der Waals surface area contributed by atoms with Crippen LogP contribution in [0.2, 0.25) is 5.15 Å². The summed E-state index contributed by atoms with van der Waals surface area (Å²) in [5.41, 5.74) is -1.16. The number of halogens is 4. The molecule has 0 unspecified atom stereocenters. The Balaban J connectivity index is 2.70. The van der Waals surface area contributed by atoms with Crippen LogP contribution in [0.5, 0.6) is 0 Å². The van der Waals surface area contributed by atoms with Gasteiger partial charge < -0.3 is 5.11 Å². The van der Waals surface area contributed by atoms with Gasteiger partial charge in [-0.05, 0) is 28.1 Å². The molecule has 1 heterocycles. The third-order valence-electron chi connectivity index (χ3n) is 2.36. The van der Waals surface area contributed by atoms with Gasteiger partial charge in [0, 0.05) is 4.47 Å². The van der Waals surface area contributed by atoms with Crippen LogP contribution in [0, 0.1) is 0 Å². The average molecular weight is 352 g/mol. The summed E-state index contributed by atoms with van der Waals surface area (Å²) in [6.45, 7) is 0. The highest BCUT2D eigenvalue weighted by molar-refractivity contribution is 9.10. The second-order valence-corrected chi connectivity index (χ2v) is 4.73. The first-order chi connectivity index (χ1) is 8.93. The zero-order valence-electron chi connectivity index (χ0n) is 9.15. The lowest BCUT2D eigenvalue weighted by Gasteiger charge is -2.05. The van der Waals surface area contributed by atoms with Crippen molar-refractivity contribution >= 4 is 33.5 Å². The quantitative estimate of drug-likeness (QED) is 0.912. The topological polar surface area (TPSA) is 55.1 Å². The van der Waals surface area contributed by atoms with E-state index in [1.54, 1.807) is 24.3 Å². The molecule has 0 saturated heterocycles. The predicted molar refractivity (Wildman–Crippen MR) is 68.2 cm³/mol. The molecule has 0 aliphatic carbocycles. The summed E-state index contributed by atoms with van der Waals surface area (Å²) in [4.78, 5) is 11.0. The number of para-hydroxylation sites is 1. The lowest BCUT2D eigenvalue weighted by Crippen LogP contribution is -2.01. The minimum Gasteiger partial charge on any atom is -0.478 e. The van der Waals surface area contributed by atoms with Gasteiger partial charge >= 0.3 is 5.97 Å². The van der Waals surface area contributed by atoms with Crippen LogP contribution in [0.1, 0.15) is 22.5 Å². The van der Waals surface area contributed by atoms with E-state index in [-0.39, 0.29) is 5.15 Å². The highest BCUT2D eigenvalue weighted by atomic mass is 79.9. The fraction of sp³-hybridized carbons (Fsp3) is 0.0909. The summed E-state index contributed by atoms with van der Waals surface area (Å²) >= 11 is 9.06. The highest BCUT2D eigenvalue weighted by Gasteiger charge is 2.28. The molecule has 0 fully saturated rings. The zero-order chi connectivity index (χ0) is 14.2. The number of benzene rings is 1. The number of aromatic carboxylic acids is 1. The largest absolute Gasteiger partial charge is 0.478 e. The minimum absolute atomic E-state index is 0.366.